The van der Waals surface area contributed by atoms with Gasteiger partial charge in [-0.1, -0.05) is 19.9 Å². The molecule has 0 spiro atoms. The molecule has 6 heteroatoms. The van der Waals surface area contributed by atoms with E-state index in [1.807, 2.05) is 13.8 Å². The lowest BCUT2D eigenvalue weighted by molar-refractivity contribution is 0.0951. The molecule has 0 fully saturated rings. The van der Waals surface area contributed by atoms with Gasteiger partial charge in [0, 0.05) is 12.7 Å². The molecule has 0 radical (unpaired) electrons. The number of hydrogen-bond acceptors (Lipinski definition) is 4. The topological polar surface area (TPSA) is 76.1 Å². The third-order valence-corrected chi connectivity index (χ3v) is 5.74. The Kier molecular flexibility index (Phi) is 5.95. The molecule has 1 N–H and O–H groups in total. The Balaban J connectivity index is 2.18. The molecule has 134 valence electrons. The second kappa shape index (κ2) is 7.78. The van der Waals surface area contributed by atoms with Gasteiger partial charge >= 0.3 is 0 Å². The first-order valence-electron chi connectivity index (χ1n) is 8.28. The second-order valence-electron chi connectivity index (χ2n) is 6.57. The number of hydrogen-bond donors (Lipinski definition) is 1. The number of amides is 1. The van der Waals surface area contributed by atoms with Crippen molar-refractivity contribution in [2.75, 3.05) is 6.54 Å². The van der Waals surface area contributed by atoms with Crippen LogP contribution in [0.4, 0.5) is 0 Å². The van der Waals surface area contributed by atoms with Gasteiger partial charge in [0.1, 0.15) is 0 Å². The van der Waals surface area contributed by atoms with Crippen molar-refractivity contribution < 1.29 is 13.2 Å². The van der Waals surface area contributed by atoms with Gasteiger partial charge in [0.05, 0.1) is 10.5 Å². The summed E-state index contributed by atoms with van der Waals surface area (Å²) in [6.45, 7) is 8.54. The van der Waals surface area contributed by atoms with Gasteiger partial charge in [-0.05, 0) is 61.6 Å². The van der Waals surface area contributed by atoms with Crippen LogP contribution in [-0.2, 0) is 9.84 Å². The van der Waals surface area contributed by atoms with Crippen LogP contribution >= 0.6 is 0 Å². The molecule has 0 saturated heterocycles. The first-order valence-corrected chi connectivity index (χ1v) is 9.76. The Morgan fingerprint density at radius 2 is 1.84 bits per heavy atom. The van der Waals surface area contributed by atoms with E-state index in [-0.39, 0.29) is 15.8 Å². The number of carbonyl (C=O) groups excluding carboxylic acids is 1. The summed E-state index contributed by atoms with van der Waals surface area (Å²) in [7, 11) is -3.69. The van der Waals surface area contributed by atoms with Crippen molar-refractivity contribution in [3.05, 3.63) is 53.2 Å². The summed E-state index contributed by atoms with van der Waals surface area (Å²) >= 11 is 0. The van der Waals surface area contributed by atoms with Crippen LogP contribution in [0.15, 0.2) is 46.5 Å². The van der Waals surface area contributed by atoms with Crippen LogP contribution in [0.3, 0.4) is 0 Å². The van der Waals surface area contributed by atoms with E-state index in [1.54, 1.807) is 18.2 Å². The van der Waals surface area contributed by atoms with E-state index in [2.05, 4.69) is 24.1 Å². The molecule has 1 heterocycles. The first-order chi connectivity index (χ1) is 11.7. The fourth-order valence-electron chi connectivity index (χ4n) is 2.25. The van der Waals surface area contributed by atoms with Gasteiger partial charge in [-0.15, -0.1) is 0 Å². The molecule has 0 atom stereocenters. The number of aryl methyl sites for hydroxylation is 2. The number of nitrogens with one attached hydrogen (secondary N) is 1. The van der Waals surface area contributed by atoms with Gasteiger partial charge in [-0.25, -0.2) is 13.4 Å². The zero-order chi connectivity index (χ0) is 18.6. The standard InChI is InChI=1S/C19H24N2O3S/c1-13(2)9-10-20-19(22)16-6-8-18(21-12-16)25(23,24)17-7-5-14(3)15(4)11-17/h5-8,11-13H,9-10H2,1-4H3,(H,20,22). The molecule has 0 aliphatic rings. The molecular formula is C19H24N2O3S. The highest BCUT2D eigenvalue weighted by atomic mass is 32.2. The summed E-state index contributed by atoms with van der Waals surface area (Å²) in [5.74, 6) is 0.257. The van der Waals surface area contributed by atoms with Gasteiger partial charge < -0.3 is 5.32 Å². The summed E-state index contributed by atoms with van der Waals surface area (Å²) in [6.07, 6.45) is 2.19. The minimum absolute atomic E-state index is 0.0607. The molecule has 0 aliphatic carbocycles. The molecular weight excluding hydrogens is 336 g/mol. The zero-order valence-electron chi connectivity index (χ0n) is 15.0. The quantitative estimate of drug-likeness (QED) is 0.857. The maximum Gasteiger partial charge on any atom is 0.252 e. The first kappa shape index (κ1) is 19.1. The van der Waals surface area contributed by atoms with Crippen LogP contribution in [0.1, 0.15) is 41.8 Å². The number of sulfone groups is 1. The monoisotopic (exact) mass is 360 g/mol. The number of rotatable bonds is 6. The Morgan fingerprint density at radius 3 is 2.40 bits per heavy atom. The second-order valence-corrected chi connectivity index (χ2v) is 8.47. The van der Waals surface area contributed by atoms with Crippen LogP contribution in [-0.4, -0.2) is 25.9 Å². The SMILES string of the molecule is Cc1ccc(S(=O)(=O)c2ccc(C(=O)NCCC(C)C)cn2)cc1C. The Labute approximate surface area is 149 Å². The van der Waals surface area contributed by atoms with E-state index >= 15 is 0 Å². The predicted molar refractivity (Wildman–Crippen MR) is 97.4 cm³/mol. The summed E-state index contributed by atoms with van der Waals surface area (Å²) in [5.41, 5.74) is 2.28. The van der Waals surface area contributed by atoms with E-state index < -0.39 is 9.84 Å². The van der Waals surface area contributed by atoms with Crippen LogP contribution in [0.25, 0.3) is 0 Å². The molecule has 1 amide bonds. The number of aromatic nitrogens is 1. The number of carbonyl (C=O) groups is 1. The minimum atomic E-state index is -3.69. The number of nitrogens with zero attached hydrogens (tertiary/aromatic N) is 1. The van der Waals surface area contributed by atoms with Crippen molar-refractivity contribution in [3.63, 3.8) is 0 Å². The fourth-order valence-corrected chi connectivity index (χ4v) is 3.51. The summed E-state index contributed by atoms with van der Waals surface area (Å²) in [6, 6.07) is 7.86. The van der Waals surface area contributed by atoms with E-state index in [0.29, 0.717) is 18.0 Å². The van der Waals surface area contributed by atoms with Crippen LogP contribution in [0, 0.1) is 19.8 Å². The highest BCUT2D eigenvalue weighted by molar-refractivity contribution is 7.91. The third kappa shape index (κ3) is 4.66. The molecule has 5 nitrogen and oxygen atoms in total. The lowest BCUT2D eigenvalue weighted by atomic mass is 10.1. The smallest absolute Gasteiger partial charge is 0.252 e. The summed E-state index contributed by atoms with van der Waals surface area (Å²) in [5, 5.41) is 2.74. The molecule has 2 aromatic rings. The Hall–Kier alpha value is -2.21. The van der Waals surface area contributed by atoms with E-state index in [1.165, 1.54) is 18.3 Å². The molecule has 0 unspecified atom stereocenters. The van der Waals surface area contributed by atoms with Gasteiger partial charge in [0.15, 0.2) is 5.03 Å². The van der Waals surface area contributed by atoms with E-state index in [4.69, 9.17) is 0 Å². The zero-order valence-corrected chi connectivity index (χ0v) is 15.9. The van der Waals surface area contributed by atoms with Crippen molar-refractivity contribution >= 4 is 15.7 Å². The van der Waals surface area contributed by atoms with Gasteiger partial charge in [-0.3, -0.25) is 4.79 Å². The highest BCUT2D eigenvalue weighted by Crippen LogP contribution is 2.21. The number of benzene rings is 1. The maximum atomic E-state index is 12.7. The van der Waals surface area contributed by atoms with Crippen LogP contribution < -0.4 is 5.32 Å². The molecule has 0 bridgehead atoms. The lowest BCUT2D eigenvalue weighted by Gasteiger charge is -2.09. The largest absolute Gasteiger partial charge is 0.352 e. The normalized spacial score (nSPS) is 11.6. The van der Waals surface area contributed by atoms with E-state index in [0.717, 1.165) is 17.5 Å². The van der Waals surface area contributed by atoms with Gasteiger partial charge in [0.2, 0.25) is 9.84 Å². The van der Waals surface area contributed by atoms with Crippen LogP contribution in [0.2, 0.25) is 0 Å². The molecule has 0 aliphatic heterocycles. The average molecular weight is 360 g/mol. The predicted octanol–water partition coefficient (Wildman–Crippen LogP) is 3.31. The third-order valence-electron chi connectivity index (χ3n) is 4.07. The number of pyridine rings is 1. The van der Waals surface area contributed by atoms with Gasteiger partial charge in [0.25, 0.3) is 5.91 Å². The van der Waals surface area contributed by atoms with Crippen molar-refractivity contribution in [2.45, 2.75) is 44.0 Å². The fraction of sp³-hybridized carbons (Fsp3) is 0.368. The average Bonchev–Trinajstić information content (AvgIpc) is 2.57. The molecule has 25 heavy (non-hydrogen) atoms. The Morgan fingerprint density at radius 1 is 1.12 bits per heavy atom. The molecule has 1 aromatic carbocycles. The molecule has 1 aromatic heterocycles. The van der Waals surface area contributed by atoms with Crippen LogP contribution in [0.5, 0.6) is 0 Å². The van der Waals surface area contributed by atoms with Crippen molar-refractivity contribution in [2.24, 2.45) is 5.92 Å². The molecule has 0 saturated carbocycles. The Bertz CT molecular complexity index is 857. The highest BCUT2D eigenvalue weighted by Gasteiger charge is 2.20. The minimum Gasteiger partial charge on any atom is -0.352 e. The van der Waals surface area contributed by atoms with Crippen molar-refractivity contribution in [1.82, 2.24) is 10.3 Å². The van der Waals surface area contributed by atoms with Crippen molar-refractivity contribution in [1.29, 1.82) is 0 Å². The molecule has 2 rings (SSSR count). The lowest BCUT2D eigenvalue weighted by Crippen LogP contribution is -2.25. The van der Waals surface area contributed by atoms with Crippen molar-refractivity contribution in [3.8, 4) is 0 Å². The maximum absolute atomic E-state index is 12.7. The van der Waals surface area contributed by atoms with Gasteiger partial charge in [-0.2, -0.15) is 0 Å². The summed E-state index contributed by atoms with van der Waals surface area (Å²) < 4.78 is 25.3. The summed E-state index contributed by atoms with van der Waals surface area (Å²) in [4.78, 5) is 16.2. The van der Waals surface area contributed by atoms with E-state index in [9.17, 15) is 13.2 Å².